The highest BCUT2D eigenvalue weighted by molar-refractivity contribution is 7.89. The highest BCUT2D eigenvalue weighted by atomic mass is 32.2. The molecule has 0 aliphatic carbocycles. The third-order valence-electron chi connectivity index (χ3n) is 5.27. The zero-order chi connectivity index (χ0) is 21.8. The number of anilines is 1. The number of nitrogens with zero attached hydrogens (tertiary/aromatic N) is 1. The Kier molecular flexibility index (Phi) is 6.92. The lowest BCUT2D eigenvalue weighted by Gasteiger charge is -2.40. The maximum Gasteiger partial charge on any atom is 0.240 e. The largest absolute Gasteiger partial charge is 0.379 e. The Morgan fingerprint density at radius 2 is 1.53 bits per heavy atom. The average Bonchev–Trinajstić information content (AvgIpc) is 2.73. The van der Waals surface area contributed by atoms with Crippen molar-refractivity contribution in [1.29, 1.82) is 0 Å². The lowest BCUT2D eigenvalue weighted by molar-refractivity contribution is -0.114. The van der Waals surface area contributed by atoms with E-state index in [1.54, 1.807) is 24.3 Å². The number of ether oxygens (including phenoxy) is 1. The van der Waals surface area contributed by atoms with Crippen LogP contribution in [0.4, 0.5) is 5.69 Å². The molecule has 7 nitrogen and oxygen atoms in total. The van der Waals surface area contributed by atoms with Crippen LogP contribution >= 0.6 is 0 Å². The van der Waals surface area contributed by atoms with Crippen LogP contribution in [-0.2, 0) is 19.6 Å². The van der Waals surface area contributed by atoms with E-state index in [2.05, 4.69) is 14.9 Å². The number of rotatable bonds is 7. The highest BCUT2D eigenvalue weighted by Crippen LogP contribution is 2.23. The zero-order valence-corrected chi connectivity index (χ0v) is 18.5. The van der Waals surface area contributed by atoms with E-state index >= 15 is 0 Å². The van der Waals surface area contributed by atoms with Gasteiger partial charge in [0.1, 0.15) is 0 Å². The molecule has 1 fully saturated rings. The smallest absolute Gasteiger partial charge is 0.240 e. The molecule has 0 atom stereocenters. The number of morpholine rings is 1. The molecule has 1 aliphatic rings. The molecule has 1 saturated heterocycles. The van der Waals surface area contributed by atoms with E-state index in [1.165, 1.54) is 6.92 Å². The SMILES string of the molecule is CC(=O)Nc1ccc(-c2ccc(S(=O)(=O)NCC(C)(C)N3CCOCC3)cc2)cc1. The highest BCUT2D eigenvalue weighted by Gasteiger charge is 2.30. The molecule has 2 aromatic carbocycles. The summed E-state index contributed by atoms with van der Waals surface area (Å²) in [4.78, 5) is 13.6. The summed E-state index contributed by atoms with van der Waals surface area (Å²) in [5.41, 5.74) is 2.26. The van der Waals surface area contributed by atoms with Gasteiger partial charge in [-0.05, 0) is 49.2 Å². The Morgan fingerprint density at radius 1 is 1.00 bits per heavy atom. The van der Waals surface area contributed by atoms with E-state index in [1.807, 2.05) is 38.1 Å². The summed E-state index contributed by atoms with van der Waals surface area (Å²) in [6.45, 7) is 8.79. The molecule has 2 N–H and O–H groups in total. The van der Waals surface area contributed by atoms with Gasteiger partial charge in [0.05, 0.1) is 18.1 Å². The van der Waals surface area contributed by atoms with E-state index in [-0.39, 0.29) is 16.3 Å². The van der Waals surface area contributed by atoms with E-state index in [4.69, 9.17) is 4.74 Å². The van der Waals surface area contributed by atoms with E-state index < -0.39 is 10.0 Å². The molecule has 1 amide bonds. The molecule has 1 heterocycles. The molecule has 0 aromatic heterocycles. The summed E-state index contributed by atoms with van der Waals surface area (Å²) in [7, 11) is -3.61. The van der Waals surface area contributed by atoms with Gasteiger partial charge in [0, 0.05) is 37.8 Å². The van der Waals surface area contributed by atoms with Crippen molar-refractivity contribution in [2.45, 2.75) is 31.2 Å². The van der Waals surface area contributed by atoms with E-state index in [9.17, 15) is 13.2 Å². The Balaban J connectivity index is 1.66. The molecule has 1 aliphatic heterocycles. The van der Waals surface area contributed by atoms with Gasteiger partial charge in [0.2, 0.25) is 15.9 Å². The number of sulfonamides is 1. The van der Waals surface area contributed by atoms with Crippen LogP contribution in [0.3, 0.4) is 0 Å². The van der Waals surface area contributed by atoms with Crippen molar-refractivity contribution in [3.05, 3.63) is 48.5 Å². The van der Waals surface area contributed by atoms with Crippen LogP contribution in [0.5, 0.6) is 0 Å². The lowest BCUT2D eigenvalue weighted by Crippen LogP contribution is -2.55. The van der Waals surface area contributed by atoms with Crippen molar-refractivity contribution in [3.8, 4) is 11.1 Å². The minimum atomic E-state index is -3.61. The quantitative estimate of drug-likeness (QED) is 0.704. The fourth-order valence-corrected chi connectivity index (χ4v) is 4.62. The topological polar surface area (TPSA) is 87.7 Å². The van der Waals surface area contributed by atoms with Gasteiger partial charge in [-0.15, -0.1) is 0 Å². The number of benzene rings is 2. The van der Waals surface area contributed by atoms with Crippen LogP contribution in [0.15, 0.2) is 53.4 Å². The van der Waals surface area contributed by atoms with Gasteiger partial charge in [-0.25, -0.2) is 13.1 Å². The zero-order valence-electron chi connectivity index (χ0n) is 17.6. The van der Waals surface area contributed by atoms with Crippen LogP contribution < -0.4 is 10.0 Å². The number of carbonyl (C=O) groups excluding carboxylic acids is 1. The van der Waals surface area contributed by atoms with Crippen LogP contribution in [-0.4, -0.2) is 57.6 Å². The predicted octanol–water partition coefficient (Wildman–Crippen LogP) is 2.70. The van der Waals surface area contributed by atoms with Crippen LogP contribution in [0.25, 0.3) is 11.1 Å². The molecule has 3 rings (SSSR count). The third-order valence-corrected chi connectivity index (χ3v) is 6.68. The van der Waals surface area contributed by atoms with Gasteiger partial charge < -0.3 is 10.1 Å². The van der Waals surface area contributed by atoms with Crippen molar-refractivity contribution < 1.29 is 17.9 Å². The molecule has 162 valence electrons. The van der Waals surface area contributed by atoms with Gasteiger partial charge in [-0.3, -0.25) is 9.69 Å². The molecule has 0 saturated carbocycles. The molecular weight excluding hydrogens is 402 g/mol. The first-order valence-corrected chi connectivity index (χ1v) is 11.5. The predicted molar refractivity (Wildman–Crippen MR) is 118 cm³/mol. The first-order valence-electron chi connectivity index (χ1n) is 9.98. The minimum absolute atomic E-state index is 0.124. The average molecular weight is 432 g/mol. The monoisotopic (exact) mass is 431 g/mol. The van der Waals surface area contributed by atoms with E-state index in [0.29, 0.717) is 19.8 Å². The van der Waals surface area contributed by atoms with Crippen molar-refractivity contribution >= 4 is 21.6 Å². The molecule has 0 bridgehead atoms. The summed E-state index contributed by atoms with van der Waals surface area (Å²) in [5.74, 6) is -0.124. The lowest BCUT2D eigenvalue weighted by atomic mass is 10.0. The van der Waals surface area contributed by atoms with E-state index in [0.717, 1.165) is 29.9 Å². The van der Waals surface area contributed by atoms with Gasteiger partial charge in [0.15, 0.2) is 0 Å². The molecule has 0 spiro atoms. The van der Waals surface area contributed by atoms with Crippen LogP contribution in [0.2, 0.25) is 0 Å². The van der Waals surface area contributed by atoms with Gasteiger partial charge >= 0.3 is 0 Å². The number of hydrogen-bond donors (Lipinski definition) is 2. The second-order valence-electron chi connectivity index (χ2n) is 8.02. The Bertz CT molecular complexity index is 964. The summed E-state index contributed by atoms with van der Waals surface area (Å²) < 4.78 is 33.7. The molecule has 8 heteroatoms. The maximum absolute atomic E-state index is 12.8. The van der Waals surface area contributed by atoms with Crippen LogP contribution in [0.1, 0.15) is 20.8 Å². The van der Waals surface area contributed by atoms with Crippen molar-refractivity contribution in [1.82, 2.24) is 9.62 Å². The fourth-order valence-electron chi connectivity index (χ4n) is 3.41. The maximum atomic E-state index is 12.8. The number of nitrogens with one attached hydrogen (secondary N) is 2. The summed E-state index contributed by atoms with van der Waals surface area (Å²) in [6, 6.07) is 14.2. The third kappa shape index (κ3) is 5.66. The molecule has 30 heavy (non-hydrogen) atoms. The Labute approximate surface area is 178 Å². The minimum Gasteiger partial charge on any atom is -0.379 e. The van der Waals surface area contributed by atoms with Crippen molar-refractivity contribution in [2.75, 3.05) is 38.2 Å². The van der Waals surface area contributed by atoms with Crippen LogP contribution in [0, 0.1) is 0 Å². The fraction of sp³-hybridized carbons (Fsp3) is 0.409. The molecule has 0 unspecified atom stereocenters. The Hall–Kier alpha value is -2.26. The summed E-state index contributed by atoms with van der Waals surface area (Å²) in [5, 5.41) is 2.73. The normalized spacial score (nSPS) is 15.7. The standard InChI is InChI=1S/C22H29N3O4S/c1-17(26)24-20-8-4-18(5-9-20)19-6-10-21(11-7-19)30(27,28)23-16-22(2,3)25-12-14-29-15-13-25/h4-11,23H,12-16H2,1-3H3,(H,24,26). The number of carbonyl (C=O) groups is 1. The number of hydrogen-bond acceptors (Lipinski definition) is 5. The van der Waals surface area contributed by atoms with Crippen molar-refractivity contribution in [3.63, 3.8) is 0 Å². The first kappa shape index (κ1) is 22.4. The van der Waals surface area contributed by atoms with Gasteiger partial charge in [0.25, 0.3) is 0 Å². The molecular formula is C22H29N3O4S. The second-order valence-corrected chi connectivity index (χ2v) is 9.79. The van der Waals surface area contributed by atoms with Gasteiger partial charge in [-0.2, -0.15) is 0 Å². The Morgan fingerprint density at radius 3 is 2.07 bits per heavy atom. The molecule has 2 aromatic rings. The first-order chi connectivity index (χ1) is 14.2. The summed E-state index contributed by atoms with van der Waals surface area (Å²) in [6.07, 6.45) is 0. The second kappa shape index (κ2) is 9.26. The number of amides is 1. The molecule has 0 radical (unpaired) electrons. The van der Waals surface area contributed by atoms with Gasteiger partial charge in [-0.1, -0.05) is 24.3 Å². The summed E-state index contributed by atoms with van der Waals surface area (Å²) >= 11 is 0. The van der Waals surface area contributed by atoms with Crippen molar-refractivity contribution in [2.24, 2.45) is 0 Å².